The number of nitrogens with one attached hydrogen (secondary N) is 1. The SMILES string of the molecule is CCC(C)NC(N)=NCCOc1ccc(C(F)(F)F)cn1. The first-order chi connectivity index (χ1) is 9.82. The molecule has 0 saturated carbocycles. The zero-order chi connectivity index (χ0) is 15.9. The summed E-state index contributed by atoms with van der Waals surface area (Å²) in [5.74, 6) is 0.431. The van der Waals surface area contributed by atoms with Crippen molar-refractivity contribution in [3.8, 4) is 5.88 Å². The van der Waals surface area contributed by atoms with Crippen molar-refractivity contribution in [2.24, 2.45) is 10.7 Å². The van der Waals surface area contributed by atoms with Gasteiger partial charge < -0.3 is 15.8 Å². The molecule has 0 bridgehead atoms. The van der Waals surface area contributed by atoms with E-state index in [9.17, 15) is 13.2 Å². The van der Waals surface area contributed by atoms with Crippen molar-refractivity contribution in [3.05, 3.63) is 23.9 Å². The van der Waals surface area contributed by atoms with Crippen molar-refractivity contribution in [1.29, 1.82) is 0 Å². The van der Waals surface area contributed by atoms with Gasteiger partial charge in [0.05, 0.1) is 12.1 Å². The Morgan fingerprint density at radius 1 is 1.48 bits per heavy atom. The van der Waals surface area contributed by atoms with Crippen LogP contribution >= 0.6 is 0 Å². The average molecular weight is 304 g/mol. The normalized spacial score (nSPS) is 13.9. The van der Waals surface area contributed by atoms with Crippen LogP contribution in [0.3, 0.4) is 0 Å². The van der Waals surface area contributed by atoms with E-state index < -0.39 is 11.7 Å². The molecule has 118 valence electrons. The molecule has 1 heterocycles. The smallest absolute Gasteiger partial charge is 0.417 e. The maximum Gasteiger partial charge on any atom is 0.417 e. The third-order valence-corrected chi connectivity index (χ3v) is 2.69. The molecule has 0 saturated heterocycles. The zero-order valence-corrected chi connectivity index (χ0v) is 11.9. The highest BCUT2D eigenvalue weighted by atomic mass is 19.4. The van der Waals surface area contributed by atoms with E-state index in [2.05, 4.69) is 15.3 Å². The van der Waals surface area contributed by atoms with Crippen molar-refractivity contribution in [3.63, 3.8) is 0 Å². The van der Waals surface area contributed by atoms with Crippen molar-refractivity contribution in [2.75, 3.05) is 13.2 Å². The van der Waals surface area contributed by atoms with E-state index in [0.717, 1.165) is 18.7 Å². The van der Waals surface area contributed by atoms with E-state index in [-0.39, 0.29) is 25.1 Å². The Bertz CT molecular complexity index is 459. The Balaban J connectivity index is 2.38. The molecular formula is C13H19F3N4O. The maximum absolute atomic E-state index is 12.3. The van der Waals surface area contributed by atoms with Gasteiger partial charge in [-0.3, -0.25) is 0 Å². The van der Waals surface area contributed by atoms with Crippen LogP contribution in [-0.2, 0) is 6.18 Å². The van der Waals surface area contributed by atoms with Crippen LogP contribution in [0.1, 0.15) is 25.8 Å². The highest BCUT2D eigenvalue weighted by Gasteiger charge is 2.30. The molecule has 1 aromatic heterocycles. The van der Waals surface area contributed by atoms with Gasteiger partial charge in [0.2, 0.25) is 5.88 Å². The van der Waals surface area contributed by atoms with Crippen LogP contribution in [0.25, 0.3) is 0 Å². The molecule has 0 amide bonds. The number of rotatable bonds is 6. The molecular weight excluding hydrogens is 285 g/mol. The Morgan fingerprint density at radius 3 is 2.71 bits per heavy atom. The quantitative estimate of drug-likeness (QED) is 0.480. The third kappa shape index (κ3) is 6.33. The molecule has 1 unspecified atom stereocenters. The number of ether oxygens (including phenoxy) is 1. The van der Waals surface area contributed by atoms with E-state index >= 15 is 0 Å². The fourth-order valence-corrected chi connectivity index (χ4v) is 1.35. The van der Waals surface area contributed by atoms with Crippen molar-refractivity contribution >= 4 is 5.96 Å². The second-order valence-corrected chi connectivity index (χ2v) is 4.45. The van der Waals surface area contributed by atoms with Gasteiger partial charge in [0.1, 0.15) is 6.61 Å². The maximum atomic E-state index is 12.3. The lowest BCUT2D eigenvalue weighted by Crippen LogP contribution is -2.38. The average Bonchev–Trinajstić information content (AvgIpc) is 2.43. The van der Waals surface area contributed by atoms with Crippen LogP contribution in [-0.4, -0.2) is 30.1 Å². The third-order valence-electron chi connectivity index (χ3n) is 2.69. The Kier molecular flexibility index (Phi) is 6.26. The van der Waals surface area contributed by atoms with Gasteiger partial charge in [0.25, 0.3) is 0 Å². The molecule has 3 N–H and O–H groups in total. The van der Waals surface area contributed by atoms with Gasteiger partial charge in [-0.15, -0.1) is 0 Å². The summed E-state index contributed by atoms with van der Waals surface area (Å²) in [6.07, 6.45) is -2.74. The first kappa shape index (κ1) is 17.1. The van der Waals surface area contributed by atoms with Gasteiger partial charge in [-0.1, -0.05) is 6.92 Å². The Labute approximate surface area is 121 Å². The molecule has 0 radical (unpaired) electrons. The predicted octanol–water partition coefficient (Wildman–Crippen LogP) is 2.18. The van der Waals surface area contributed by atoms with Gasteiger partial charge in [-0.25, -0.2) is 9.98 Å². The molecule has 0 aromatic carbocycles. The fraction of sp³-hybridized carbons (Fsp3) is 0.538. The van der Waals surface area contributed by atoms with E-state index in [1.165, 1.54) is 6.07 Å². The molecule has 1 atom stereocenters. The van der Waals surface area contributed by atoms with Crippen LogP contribution in [0, 0.1) is 0 Å². The summed E-state index contributed by atoms with van der Waals surface area (Å²) in [7, 11) is 0. The monoisotopic (exact) mass is 304 g/mol. The van der Waals surface area contributed by atoms with E-state index in [0.29, 0.717) is 5.96 Å². The summed E-state index contributed by atoms with van der Waals surface area (Å²) in [4.78, 5) is 7.62. The molecule has 21 heavy (non-hydrogen) atoms. The summed E-state index contributed by atoms with van der Waals surface area (Å²) >= 11 is 0. The number of nitrogens with zero attached hydrogens (tertiary/aromatic N) is 2. The summed E-state index contributed by atoms with van der Waals surface area (Å²) in [6, 6.07) is 2.32. The summed E-state index contributed by atoms with van der Waals surface area (Å²) in [5.41, 5.74) is 4.83. The number of hydrogen-bond donors (Lipinski definition) is 2. The van der Waals surface area contributed by atoms with Crippen molar-refractivity contribution < 1.29 is 17.9 Å². The number of halogens is 3. The second-order valence-electron chi connectivity index (χ2n) is 4.45. The minimum absolute atomic E-state index is 0.117. The van der Waals surface area contributed by atoms with Crippen LogP contribution in [0.15, 0.2) is 23.3 Å². The van der Waals surface area contributed by atoms with E-state index in [1.807, 2.05) is 13.8 Å². The van der Waals surface area contributed by atoms with Crippen molar-refractivity contribution in [2.45, 2.75) is 32.5 Å². The topological polar surface area (TPSA) is 72.5 Å². The lowest BCUT2D eigenvalue weighted by atomic mass is 10.3. The van der Waals surface area contributed by atoms with Crippen LogP contribution in [0.2, 0.25) is 0 Å². The zero-order valence-electron chi connectivity index (χ0n) is 11.9. The van der Waals surface area contributed by atoms with Gasteiger partial charge in [0.15, 0.2) is 5.96 Å². The number of guanidine groups is 1. The van der Waals surface area contributed by atoms with E-state index in [4.69, 9.17) is 10.5 Å². The Morgan fingerprint density at radius 2 is 2.19 bits per heavy atom. The molecule has 0 aliphatic rings. The number of alkyl halides is 3. The number of hydrogen-bond acceptors (Lipinski definition) is 3. The second kappa shape index (κ2) is 7.70. The largest absolute Gasteiger partial charge is 0.476 e. The van der Waals surface area contributed by atoms with Crippen LogP contribution in [0.4, 0.5) is 13.2 Å². The molecule has 0 aliphatic carbocycles. The van der Waals surface area contributed by atoms with E-state index in [1.54, 1.807) is 0 Å². The Hall–Kier alpha value is -1.99. The van der Waals surface area contributed by atoms with Crippen LogP contribution in [0.5, 0.6) is 5.88 Å². The standard InChI is InChI=1S/C13H19F3N4O/c1-3-9(2)20-12(17)18-6-7-21-11-5-4-10(8-19-11)13(14,15)16/h4-5,8-9H,3,6-7H2,1-2H3,(H3,17,18,20). The molecule has 1 rings (SSSR count). The molecule has 1 aromatic rings. The first-order valence-electron chi connectivity index (χ1n) is 6.55. The predicted molar refractivity (Wildman–Crippen MR) is 74.1 cm³/mol. The van der Waals surface area contributed by atoms with Gasteiger partial charge in [-0.2, -0.15) is 13.2 Å². The summed E-state index contributed by atoms with van der Waals surface area (Å²) in [5, 5.41) is 2.98. The first-order valence-corrected chi connectivity index (χ1v) is 6.55. The number of pyridine rings is 1. The summed E-state index contributed by atoms with van der Waals surface area (Å²) < 4.78 is 42.2. The molecule has 0 aliphatic heterocycles. The molecule has 0 fully saturated rings. The minimum atomic E-state index is -4.40. The van der Waals surface area contributed by atoms with Gasteiger partial charge in [-0.05, 0) is 19.4 Å². The number of aromatic nitrogens is 1. The highest BCUT2D eigenvalue weighted by Crippen LogP contribution is 2.29. The van der Waals surface area contributed by atoms with Crippen LogP contribution < -0.4 is 15.8 Å². The fourth-order valence-electron chi connectivity index (χ4n) is 1.35. The van der Waals surface area contributed by atoms with Gasteiger partial charge in [0, 0.05) is 18.3 Å². The molecule has 0 spiro atoms. The number of nitrogens with two attached hydrogens (primary N) is 1. The lowest BCUT2D eigenvalue weighted by molar-refractivity contribution is -0.137. The lowest BCUT2D eigenvalue weighted by Gasteiger charge is -2.11. The van der Waals surface area contributed by atoms with Gasteiger partial charge >= 0.3 is 6.18 Å². The minimum Gasteiger partial charge on any atom is -0.476 e. The summed E-state index contributed by atoms with van der Waals surface area (Å²) in [6.45, 7) is 4.47. The molecule has 8 heteroatoms. The van der Waals surface area contributed by atoms with Crippen molar-refractivity contribution in [1.82, 2.24) is 10.3 Å². The highest BCUT2D eigenvalue weighted by molar-refractivity contribution is 5.78. The number of aliphatic imine (C=N–C) groups is 1. The molecule has 5 nitrogen and oxygen atoms in total.